The molecule has 2 fully saturated rings. The fourth-order valence-electron chi connectivity index (χ4n) is 3.15. The normalized spacial score (nSPS) is 22.7. The number of guanidine groups is 1. The molecule has 1 saturated heterocycles. The van der Waals surface area contributed by atoms with Gasteiger partial charge >= 0.3 is 0 Å². The van der Waals surface area contributed by atoms with Crippen LogP contribution in [0.5, 0.6) is 0 Å². The lowest BCUT2D eigenvalue weighted by atomic mass is 10.1. The van der Waals surface area contributed by atoms with Crippen molar-refractivity contribution in [3.8, 4) is 0 Å². The summed E-state index contributed by atoms with van der Waals surface area (Å²) in [4.78, 5) is 7.00. The van der Waals surface area contributed by atoms with Gasteiger partial charge < -0.3 is 15.5 Å². The van der Waals surface area contributed by atoms with Gasteiger partial charge in [-0.3, -0.25) is 4.99 Å². The molecule has 0 radical (unpaired) electrons. The zero-order chi connectivity index (χ0) is 15.1. The molecule has 5 heteroatoms. The number of aliphatic imine (C=N–C) groups is 1. The van der Waals surface area contributed by atoms with Gasteiger partial charge in [-0.2, -0.15) is 0 Å². The molecule has 1 heterocycles. The lowest BCUT2D eigenvalue weighted by Crippen LogP contribution is -2.40. The summed E-state index contributed by atoms with van der Waals surface area (Å²) < 4.78 is 0. The zero-order valence-corrected chi connectivity index (χ0v) is 16.9. The van der Waals surface area contributed by atoms with Crippen LogP contribution in [0.25, 0.3) is 0 Å². The molecule has 0 spiro atoms. The number of likely N-dealkylation sites (tertiary alicyclic amines) is 1. The fourth-order valence-corrected chi connectivity index (χ4v) is 3.15. The second kappa shape index (κ2) is 10.7. The molecule has 1 aliphatic heterocycles. The molecule has 0 aromatic heterocycles. The van der Waals surface area contributed by atoms with E-state index >= 15 is 0 Å². The van der Waals surface area contributed by atoms with Crippen LogP contribution in [0.3, 0.4) is 0 Å². The number of hydrogen-bond donors (Lipinski definition) is 2. The van der Waals surface area contributed by atoms with Gasteiger partial charge in [0.1, 0.15) is 0 Å². The van der Waals surface area contributed by atoms with Crippen molar-refractivity contribution in [2.45, 2.75) is 58.4 Å². The molecule has 4 nitrogen and oxygen atoms in total. The molecule has 1 unspecified atom stereocenters. The highest BCUT2D eigenvalue weighted by molar-refractivity contribution is 14.0. The minimum atomic E-state index is 0. The van der Waals surface area contributed by atoms with Crippen LogP contribution in [0, 0.1) is 11.8 Å². The largest absolute Gasteiger partial charge is 0.356 e. The fraction of sp³-hybridized carbons (Fsp3) is 0.941. The van der Waals surface area contributed by atoms with Crippen molar-refractivity contribution in [3.05, 3.63) is 0 Å². The van der Waals surface area contributed by atoms with Crippen LogP contribution < -0.4 is 10.6 Å². The Morgan fingerprint density at radius 1 is 1.18 bits per heavy atom. The number of unbranched alkanes of at least 4 members (excludes halogenated alkanes) is 1. The molecule has 1 aliphatic carbocycles. The summed E-state index contributed by atoms with van der Waals surface area (Å²) >= 11 is 0. The number of halogens is 1. The van der Waals surface area contributed by atoms with E-state index < -0.39 is 0 Å². The maximum absolute atomic E-state index is 4.33. The second-order valence-corrected chi connectivity index (χ2v) is 7.15. The number of nitrogens with one attached hydrogen (secondary N) is 2. The number of nitrogens with zero attached hydrogens (tertiary/aromatic N) is 2. The first-order chi connectivity index (χ1) is 10.2. The first-order valence-electron chi connectivity index (χ1n) is 8.87. The summed E-state index contributed by atoms with van der Waals surface area (Å²) in [5.41, 5.74) is 0. The average Bonchev–Trinajstić information content (AvgIpc) is 3.21. The zero-order valence-electron chi connectivity index (χ0n) is 14.6. The summed E-state index contributed by atoms with van der Waals surface area (Å²) in [6, 6.07) is 0.924. The highest BCUT2D eigenvalue weighted by Crippen LogP contribution is 2.31. The highest BCUT2D eigenvalue weighted by atomic mass is 127. The molecule has 22 heavy (non-hydrogen) atoms. The van der Waals surface area contributed by atoms with Crippen LogP contribution in [-0.2, 0) is 0 Å². The Bertz CT molecular complexity index is 329. The minimum absolute atomic E-state index is 0. The number of hydrogen-bond acceptors (Lipinski definition) is 2. The van der Waals surface area contributed by atoms with Crippen LogP contribution in [-0.4, -0.2) is 50.1 Å². The second-order valence-electron chi connectivity index (χ2n) is 7.15. The van der Waals surface area contributed by atoms with E-state index in [-0.39, 0.29) is 24.0 Å². The summed E-state index contributed by atoms with van der Waals surface area (Å²) in [5.74, 6) is 2.59. The summed E-state index contributed by atoms with van der Waals surface area (Å²) in [7, 11) is 1.87. The van der Waals surface area contributed by atoms with Gasteiger partial charge in [0.25, 0.3) is 0 Å². The predicted octanol–water partition coefficient (Wildman–Crippen LogP) is 3.08. The standard InChI is InChI=1S/C17H34N4.HI/c1-14(2)6-4-5-10-19-17(18-3)20-12-15-9-11-21(13-15)16-7-8-16;/h14-16H,4-13H2,1-3H3,(H2,18,19,20);1H. The Balaban J connectivity index is 0.00000242. The molecule has 1 saturated carbocycles. The highest BCUT2D eigenvalue weighted by Gasteiger charge is 2.34. The van der Waals surface area contributed by atoms with Gasteiger partial charge in [0, 0.05) is 32.7 Å². The van der Waals surface area contributed by atoms with Gasteiger partial charge in [0.2, 0.25) is 0 Å². The smallest absolute Gasteiger partial charge is 0.190 e. The molecule has 1 atom stereocenters. The van der Waals surface area contributed by atoms with Gasteiger partial charge in [-0.15, -0.1) is 24.0 Å². The van der Waals surface area contributed by atoms with Gasteiger partial charge in [-0.1, -0.05) is 26.7 Å². The van der Waals surface area contributed by atoms with Gasteiger partial charge in [-0.05, 0) is 44.1 Å². The summed E-state index contributed by atoms with van der Waals surface area (Å²) in [5, 5.41) is 6.94. The summed E-state index contributed by atoms with van der Waals surface area (Å²) in [6.45, 7) is 9.27. The van der Waals surface area contributed by atoms with Crippen LogP contribution in [0.2, 0.25) is 0 Å². The first-order valence-corrected chi connectivity index (χ1v) is 8.87. The van der Waals surface area contributed by atoms with E-state index in [1.807, 2.05) is 7.05 Å². The Labute approximate surface area is 153 Å². The van der Waals surface area contributed by atoms with Crippen LogP contribution in [0.4, 0.5) is 0 Å². The molecule has 2 aliphatic rings. The van der Waals surface area contributed by atoms with Crippen LogP contribution in [0.1, 0.15) is 52.4 Å². The summed E-state index contributed by atoms with van der Waals surface area (Å²) in [6.07, 6.45) is 8.07. The lowest BCUT2D eigenvalue weighted by molar-refractivity contribution is 0.314. The third kappa shape index (κ3) is 7.49. The van der Waals surface area contributed by atoms with Crippen molar-refractivity contribution in [2.24, 2.45) is 16.8 Å². The van der Waals surface area contributed by atoms with Crippen molar-refractivity contribution in [2.75, 3.05) is 33.2 Å². The molecule has 130 valence electrons. The maximum atomic E-state index is 4.33. The molecular formula is C17H35IN4. The molecule has 0 amide bonds. The molecule has 0 aromatic carbocycles. The lowest BCUT2D eigenvalue weighted by Gasteiger charge is -2.17. The van der Waals surface area contributed by atoms with Gasteiger partial charge in [-0.25, -0.2) is 0 Å². The topological polar surface area (TPSA) is 39.7 Å². The van der Waals surface area contributed by atoms with Crippen LogP contribution in [0.15, 0.2) is 4.99 Å². The van der Waals surface area contributed by atoms with E-state index in [2.05, 4.69) is 34.4 Å². The van der Waals surface area contributed by atoms with Crippen molar-refractivity contribution < 1.29 is 0 Å². The third-order valence-electron chi connectivity index (χ3n) is 4.66. The van der Waals surface area contributed by atoms with E-state index in [9.17, 15) is 0 Å². The monoisotopic (exact) mass is 422 g/mol. The Morgan fingerprint density at radius 3 is 2.59 bits per heavy atom. The first kappa shape index (κ1) is 20.0. The minimum Gasteiger partial charge on any atom is -0.356 e. The van der Waals surface area contributed by atoms with Crippen molar-refractivity contribution in [3.63, 3.8) is 0 Å². The molecule has 2 rings (SSSR count). The Kier molecular flexibility index (Phi) is 9.71. The van der Waals surface area contributed by atoms with Gasteiger partial charge in [0.15, 0.2) is 5.96 Å². The SMILES string of the molecule is CN=C(NCCCCC(C)C)NCC1CCN(C2CC2)C1.I. The Hall–Kier alpha value is -0.0400. The van der Waals surface area contributed by atoms with E-state index in [0.29, 0.717) is 0 Å². The van der Waals surface area contributed by atoms with Gasteiger partial charge in [0.05, 0.1) is 0 Å². The van der Waals surface area contributed by atoms with E-state index in [0.717, 1.165) is 36.9 Å². The third-order valence-corrected chi connectivity index (χ3v) is 4.66. The molecular weight excluding hydrogens is 387 g/mol. The van der Waals surface area contributed by atoms with Crippen molar-refractivity contribution in [1.82, 2.24) is 15.5 Å². The molecule has 0 bridgehead atoms. The van der Waals surface area contributed by atoms with E-state index in [1.54, 1.807) is 0 Å². The predicted molar refractivity (Wildman–Crippen MR) is 106 cm³/mol. The molecule has 2 N–H and O–H groups in total. The average molecular weight is 422 g/mol. The van der Waals surface area contributed by atoms with E-state index in [4.69, 9.17) is 0 Å². The van der Waals surface area contributed by atoms with E-state index in [1.165, 1.54) is 51.6 Å². The van der Waals surface area contributed by atoms with Crippen LogP contribution >= 0.6 is 24.0 Å². The van der Waals surface area contributed by atoms with Crippen molar-refractivity contribution >= 4 is 29.9 Å². The molecule has 0 aromatic rings. The maximum Gasteiger partial charge on any atom is 0.190 e. The quantitative estimate of drug-likeness (QED) is 0.273. The Morgan fingerprint density at radius 2 is 1.95 bits per heavy atom. The van der Waals surface area contributed by atoms with Crippen molar-refractivity contribution in [1.29, 1.82) is 0 Å². The number of rotatable bonds is 8.